The number of aromatic nitrogens is 4. The maximum atomic E-state index is 14.0. The molecule has 0 saturated carbocycles. The van der Waals surface area contributed by atoms with Crippen molar-refractivity contribution in [2.24, 2.45) is 0 Å². The maximum Gasteiger partial charge on any atom is 0.272 e. The first kappa shape index (κ1) is 23.1. The Kier molecular flexibility index (Phi) is 5.40. The molecule has 5 heterocycles. The number of carbonyl (C=O) groups is 2. The summed E-state index contributed by atoms with van der Waals surface area (Å²) in [6.45, 7) is 8.17. The summed E-state index contributed by atoms with van der Waals surface area (Å²) in [7, 11) is 0. The number of nitrogens with zero attached hydrogens (tertiary/aromatic N) is 6. The quantitative estimate of drug-likeness (QED) is 0.402. The average Bonchev–Trinajstić information content (AvgIpc) is 3.69. The van der Waals surface area contributed by atoms with Crippen LogP contribution in [0, 0.1) is 6.92 Å². The minimum Gasteiger partial charge on any atom is -0.494 e. The van der Waals surface area contributed by atoms with Crippen LogP contribution in [0.15, 0.2) is 59.6 Å². The third-order valence-corrected chi connectivity index (χ3v) is 7.36. The summed E-state index contributed by atoms with van der Waals surface area (Å²) in [5.74, 6) is 0.396. The van der Waals surface area contributed by atoms with Gasteiger partial charge in [0, 0.05) is 43.2 Å². The highest BCUT2D eigenvalue weighted by molar-refractivity contribution is 5.99. The van der Waals surface area contributed by atoms with Crippen LogP contribution in [0.3, 0.4) is 0 Å². The Morgan fingerprint density at radius 3 is 2.65 bits per heavy atom. The van der Waals surface area contributed by atoms with Crippen molar-refractivity contribution in [3.05, 3.63) is 77.6 Å². The zero-order chi connectivity index (χ0) is 25.7. The van der Waals surface area contributed by atoms with Gasteiger partial charge in [0.15, 0.2) is 5.66 Å². The fraction of sp³-hybridized carbons (Fsp3) is 0.333. The lowest BCUT2D eigenvalue weighted by molar-refractivity contribution is -0.00598. The zero-order valence-electron chi connectivity index (χ0n) is 21.0. The molecule has 1 atom stereocenters. The number of ether oxygens (including phenoxy) is 1. The Bertz CT molecular complexity index is 1480. The number of amides is 2. The molecule has 0 aliphatic carbocycles. The van der Waals surface area contributed by atoms with E-state index in [1.807, 2.05) is 70.6 Å². The molecular weight excluding hydrogens is 472 g/mol. The second kappa shape index (κ2) is 8.65. The van der Waals surface area contributed by atoms with E-state index in [-0.39, 0.29) is 11.8 Å². The number of rotatable bonds is 6. The standard InChI is InChI=1S/C27H28N6O4/c1-4-33-23(10-11-28-33)19-14-24-26(35)32-13-12-31(25(34)22-16-37-29-18(22)3)27(32,17-30(24)15-19)20-6-8-21(9-7-20)36-5-2/h6-11,14-16H,4-5,12-13,17H2,1-3H3. The van der Waals surface area contributed by atoms with E-state index < -0.39 is 5.66 Å². The lowest BCUT2D eigenvalue weighted by atomic mass is 9.93. The molecule has 37 heavy (non-hydrogen) atoms. The maximum absolute atomic E-state index is 14.0. The SMILES string of the molecule is CCOc1ccc(C23Cn4cc(-c5ccnn5CC)cc4C(=O)N2CCN3C(=O)c2conc2C)cc1. The molecule has 0 bridgehead atoms. The minimum atomic E-state index is -1.02. The van der Waals surface area contributed by atoms with Crippen molar-refractivity contribution in [1.82, 2.24) is 29.3 Å². The van der Waals surface area contributed by atoms with Crippen molar-refractivity contribution in [1.29, 1.82) is 0 Å². The summed E-state index contributed by atoms with van der Waals surface area (Å²) in [5, 5.41) is 8.29. The Balaban J connectivity index is 1.49. The molecule has 0 spiro atoms. The van der Waals surface area contributed by atoms with Gasteiger partial charge in [0.25, 0.3) is 11.8 Å². The summed E-state index contributed by atoms with van der Waals surface area (Å²) in [6, 6.07) is 11.5. The minimum absolute atomic E-state index is 0.119. The van der Waals surface area contributed by atoms with Crippen LogP contribution in [0.1, 0.15) is 46.0 Å². The lowest BCUT2D eigenvalue weighted by Crippen LogP contribution is -2.60. The van der Waals surface area contributed by atoms with Crippen LogP contribution in [0.2, 0.25) is 0 Å². The molecule has 4 aromatic rings. The van der Waals surface area contributed by atoms with Gasteiger partial charge in [-0.15, -0.1) is 0 Å². The van der Waals surface area contributed by atoms with E-state index in [4.69, 9.17) is 9.26 Å². The van der Waals surface area contributed by atoms with Crippen molar-refractivity contribution >= 4 is 11.8 Å². The van der Waals surface area contributed by atoms with Gasteiger partial charge in [-0.1, -0.05) is 17.3 Å². The number of hydrogen-bond acceptors (Lipinski definition) is 6. The molecule has 2 aliphatic heterocycles. The molecule has 6 rings (SSSR count). The highest BCUT2D eigenvalue weighted by Crippen LogP contribution is 2.45. The number of hydrogen-bond donors (Lipinski definition) is 0. The van der Waals surface area contributed by atoms with E-state index in [0.717, 1.165) is 29.1 Å². The van der Waals surface area contributed by atoms with Crippen LogP contribution >= 0.6 is 0 Å². The van der Waals surface area contributed by atoms with Crippen LogP contribution < -0.4 is 4.74 Å². The van der Waals surface area contributed by atoms with Gasteiger partial charge in [0.05, 0.1) is 24.5 Å². The van der Waals surface area contributed by atoms with Crippen LogP contribution in [-0.4, -0.2) is 60.8 Å². The Morgan fingerprint density at radius 1 is 1.14 bits per heavy atom. The van der Waals surface area contributed by atoms with Gasteiger partial charge in [-0.05, 0) is 45.0 Å². The molecule has 0 radical (unpaired) electrons. The summed E-state index contributed by atoms with van der Waals surface area (Å²) >= 11 is 0. The summed E-state index contributed by atoms with van der Waals surface area (Å²) < 4.78 is 14.6. The largest absolute Gasteiger partial charge is 0.494 e. The highest BCUT2D eigenvalue weighted by Gasteiger charge is 2.56. The second-order valence-electron chi connectivity index (χ2n) is 9.28. The third-order valence-electron chi connectivity index (χ3n) is 7.36. The van der Waals surface area contributed by atoms with Gasteiger partial charge in [-0.3, -0.25) is 14.3 Å². The van der Waals surface area contributed by atoms with Gasteiger partial charge >= 0.3 is 0 Å². The molecule has 1 fully saturated rings. The molecular formula is C27H28N6O4. The number of benzene rings is 1. The van der Waals surface area contributed by atoms with E-state index in [0.29, 0.717) is 43.2 Å². The number of carbonyl (C=O) groups excluding carboxylic acids is 2. The van der Waals surface area contributed by atoms with E-state index in [2.05, 4.69) is 10.3 Å². The predicted octanol–water partition coefficient (Wildman–Crippen LogP) is 3.53. The Hall–Kier alpha value is -4.34. The van der Waals surface area contributed by atoms with Gasteiger partial charge in [0.1, 0.15) is 23.3 Å². The van der Waals surface area contributed by atoms with E-state index in [9.17, 15) is 9.59 Å². The molecule has 1 unspecified atom stereocenters. The molecule has 2 aliphatic rings. The van der Waals surface area contributed by atoms with Crippen molar-refractivity contribution in [3.63, 3.8) is 0 Å². The normalized spacial score (nSPS) is 18.7. The Morgan fingerprint density at radius 2 is 1.95 bits per heavy atom. The van der Waals surface area contributed by atoms with Gasteiger partial charge < -0.3 is 23.6 Å². The fourth-order valence-electron chi connectivity index (χ4n) is 5.62. The number of fused-ring (bicyclic) bond motifs is 2. The topological polar surface area (TPSA) is 98.6 Å². The molecule has 1 aromatic carbocycles. The van der Waals surface area contributed by atoms with Gasteiger partial charge in [-0.25, -0.2) is 0 Å². The van der Waals surface area contributed by atoms with E-state index in [1.165, 1.54) is 6.26 Å². The predicted molar refractivity (Wildman–Crippen MR) is 134 cm³/mol. The van der Waals surface area contributed by atoms with E-state index in [1.54, 1.807) is 18.0 Å². The molecule has 190 valence electrons. The third kappa shape index (κ3) is 3.39. The fourth-order valence-corrected chi connectivity index (χ4v) is 5.62. The second-order valence-corrected chi connectivity index (χ2v) is 9.28. The molecule has 2 amide bonds. The summed E-state index contributed by atoms with van der Waals surface area (Å²) in [6.07, 6.45) is 5.12. The molecule has 0 N–H and O–H groups in total. The van der Waals surface area contributed by atoms with Crippen molar-refractivity contribution in [2.75, 3.05) is 19.7 Å². The number of aryl methyl sites for hydroxylation is 2. The van der Waals surface area contributed by atoms with Gasteiger partial charge in [0.2, 0.25) is 0 Å². The highest BCUT2D eigenvalue weighted by atomic mass is 16.5. The molecule has 3 aromatic heterocycles. The van der Waals surface area contributed by atoms with Crippen LogP contribution in [0.4, 0.5) is 0 Å². The first-order chi connectivity index (χ1) is 18.0. The van der Waals surface area contributed by atoms with Gasteiger partial charge in [-0.2, -0.15) is 5.10 Å². The molecule has 1 saturated heterocycles. The monoisotopic (exact) mass is 500 g/mol. The lowest BCUT2D eigenvalue weighted by Gasteiger charge is -2.47. The zero-order valence-corrected chi connectivity index (χ0v) is 21.0. The first-order valence-corrected chi connectivity index (χ1v) is 12.5. The summed E-state index contributed by atoms with van der Waals surface area (Å²) in [5.41, 5.74) is 3.19. The first-order valence-electron chi connectivity index (χ1n) is 12.5. The van der Waals surface area contributed by atoms with Crippen molar-refractivity contribution in [3.8, 4) is 17.0 Å². The average molecular weight is 501 g/mol. The van der Waals surface area contributed by atoms with Crippen LogP contribution in [0.25, 0.3) is 11.3 Å². The van der Waals surface area contributed by atoms with Crippen LogP contribution in [0.5, 0.6) is 5.75 Å². The van der Waals surface area contributed by atoms with Crippen molar-refractivity contribution in [2.45, 2.75) is 39.5 Å². The van der Waals surface area contributed by atoms with Crippen molar-refractivity contribution < 1.29 is 18.8 Å². The molecule has 10 nitrogen and oxygen atoms in total. The Labute approximate surface area is 214 Å². The summed E-state index contributed by atoms with van der Waals surface area (Å²) in [4.78, 5) is 31.5. The smallest absolute Gasteiger partial charge is 0.272 e. The molecule has 10 heteroatoms. The van der Waals surface area contributed by atoms with Crippen LogP contribution in [-0.2, 0) is 18.8 Å². The van der Waals surface area contributed by atoms with E-state index >= 15 is 0 Å².